The number of benzene rings is 3. The number of ether oxygens (including phenoxy) is 2. The van der Waals surface area contributed by atoms with Crippen LogP contribution in [0.4, 0.5) is 5.69 Å². The van der Waals surface area contributed by atoms with Gasteiger partial charge in [-0.2, -0.15) is 0 Å². The van der Waals surface area contributed by atoms with Gasteiger partial charge in [0, 0.05) is 9.26 Å². The van der Waals surface area contributed by atoms with Crippen molar-refractivity contribution >= 4 is 34.2 Å². The quantitative estimate of drug-likeness (QED) is 0.384. The summed E-state index contributed by atoms with van der Waals surface area (Å²) in [5.41, 5.74) is 0.812. The lowest BCUT2D eigenvalue weighted by Crippen LogP contribution is -3.14. The minimum atomic E-state index is -0.0218. The molecule has 0 aromatic heterocycles. The van der Waals surface area contributed by atoms with E-state index in [1.807, 2.05) is 84.9 Å². The number of halogens is 1. The third kappa shape index (κ3) is 8.04. The number of amides is 1. The van der Waals surface area contributed by atoms with Crippen molar-refractivity contribution in [2.45, 2.75) is 0 Å². The van der Waals surface area contributed by atoms with Crippen molar-refractivity contribution in [3.8, 4) is 11.5 Å². The Labute approximate surface area is 191 Å². The number of anilines is 1. The zero-order valence-corrected chi connectivity index (χ0v) is 18.9. The number of hydrogen-bond donors (Lipinski definition) is 2. The molecule has 3 aromatic rings. The summed E-state index contributed by atoms with van der Waals surface area (Å²) in [7, 11) is 0. The van der Waals surface area contributed by atoms with Gasteiger partial charge < -0.3 is 19.7 Å². The minimum absolute atomic E-state index is 0.0218. The number of hydrogen-bond acceptors (Lipinski definition) is 3. The number of carbonyl (C=O) groups is 1. The Morgan fingerprint density at radius 1 is 0.800 bits per heavy atom. The van der Waals surface area contributed by atoms with Crippen LogP contribution in [0.2, 0.25) is 0 Å². The molecule has 30 heavy (non-hydrogen) atoms. The van der Waals surface area contributed by atoms with Crippen LogP contribution in [0.1, 0.15) is 0 Å². The van der Waals surface area contributed by atoms with E-state index >= 15 is 0 Å². The Hall–Kier alpha value is -2.58. The Kier molecular flexibility index (Phi) is 8.99. The highest BCUT2D eigenvalue weighted by Crippen LogP contribution is 2.12. The van der Waals surface area contributed by atoms with Gasteiger partial charge >= 0.3 is 0 Å². The summed E-state index contributed by atoms with van der Waals surface area (Å²) >= 11 is 2.24. The van der Waals surface area contributed by atoms with E-state index in [0.717, 1.165) is 25.7 Å². The molecule has 156 valence electrons. The van der Waals surface area contributed by atoms with Crippen LogP contribution in [0.5, 0.6) is 11.5 Å². The van der Waals surface area contributed by atoms with Crippen LogP contribution < -0.4 is 19.7 Å². The van der Waals surface area contributed by atoms with Crippen LogP contribution in [-0.4, -0.2) is 38.8 Å². The lowest BCUT2D eigenvalue weighted by Gasteiger charge is -2.19. The summed E-state index contributed by atoms with van der Waals surface area (Å²) in [4.78, 5) is 13.7. The Balaban J connectivity index is 1.52. The standard InChI is InChI=1S/C24H25IN2O3/c25-20-8-7-9-21(18-20)26-24(28)19-27(14-16-29-22-10-3-1-4-11-22)15-17-30-23-12-5-2-6-13-23/h1-13,18H,14-17,19H2,(H,26,28)/p+1. The van der Waals surface area contributed by atoms with Crippen molar-refractivity contribution in [1.82, 2.24) is 0 Å². The fraction of sp³-hybridized carbons (Fsp3) is 0.208. The molecule has 1 amide bonds. The molecule has 5 nitrogen and oxygen atoms in total. The highest BCUT2D eigenvalue weighted by atomic mass is 127. The fourth-order valence-electron chi connectivity index (χ4n) is 2.96. The third-order valence-corrected chi connectivity index (χ3v) is 5.13. The van der Waals surface area contributed by atoms with Gasteiger partial charge in [0.25, 0.3) is 5.91 Å². The zero-order chi connectivity index (χ0) is 21.0. The predicted molar refractivity (Wildman–Crippen MR) is 127 cm³/mol. The van der Waals surface area contributed by atoms with Gasteiger partial charge in [0.15, 0.2) is 6.54 Å². The molecule has 0 saturated heterocycles. The summed E-state index contributed by atoms with van der Waals surface area (Å²) in [6.07, 6.45) is 0. The first-order valence-corrected chi connectivity index (χ1v) is 11.0. The van der Waals surface area contributed by atoms with Crippen molar-refractivity contribution in [1.29, 1.82) is 0 Å². The summed E-state index contributed by atoms with van der Waals surface area (Å²) < 4.78 is 12.7. The first-order chi connectivity index (χ1) is 14.7. The van der Waals surface area contributed by atoms with Crippen molar-refractivity contribution in [3.63, 3.8) is 0 Å². The average molecular weight is 517 g/mol. The zero-order valence-electron chi connectivity index (χ0n) is 16.7. The Bertz CT molecular complexity index is 861. The first-order valence-electron chi connectivity index (χ1n) is 9.94. The molecule has 0 aliphatic rings. The van der Waals surface area contributed by atoms with Crippen LogP contribution in [0.25, 0.3) is 0 Å². The molecular weight excluding hydrogens is 491 g/mol. The molecule has 3 rings (SSSR count). The number of nitrogens with one attached hydrogen (secondary N) is 2. The average Bonchev–Trinajstić information content (AvgIpc) is 2.75. The summed E-state index contributed by atoms with van der Waals surface area (Å²) in [6, 6.07) is 27.2. The highest BCUT2D eigenvalue weighted by Gasteiger charge is 2.15. The maximum absolute atomic E-state index is 12.6. The minimum Gasteiger partial charge on any atom is -0.488 e. The second-order valence-corrected chi connectivity index (χ2v) is 8.05. The van der Waals surface area contributed by atoms with E-state index in [2.05, 4.69) is 27.9 Å². The maximum Gasteiger partial charge on any atom is 0.279 e. The molecule has 0 spiro atoms. The van der Waals surface area contributed by atoms with Gasteiger partial charge in [-0.3, -0.25) is 4.79 Å². The molecular formula is C24H26IN2O3+. The van der Waals surface area contributed by atoms with Gasteiger partial charge in [-0.15, -0.1) is 0 Å². The lowest BCUT2D eigenvalue weighted by atomic mass is 10.3. The fourth-order valence-corrected chi connectivity index (χ4v) is 3.50. The van der Waals surface area contributed by atoms with Crippen LogP contribution >= 0.6 is 22.6 Å². The van der Waals surface area contributed by atoms with Crippen LogP contribution in [0, 0.1) is 3.57 Å². The van der Waals surface area contributed by atoms with E-state index in [-0.39, 0.29) is 5.91 Å². The third-order valence-electron chi connectivity index (χ3n) is 4.45. The van der Waals surface area contributed by atoms with Crippen molar-refractivity contribution in [3.05, 3.63) is 88.5 Å². The Morgan fingerprint density at radius 3 is 1.90 bits per heavy atom. The van der Waals surface area contributed by atoms with Crippen molar-refractivity contribution in [2.24, 2.45) is 0 Å². The number of carbonyl (C=O) groups excluding carboxylic acids is 1. The molecule has 2 N–H and O–H groups in total. The summed E-state index contributed by atoms with van der Waals surface area (Å²) in [5.74, 6) is 1.65. The van der Waals surface area contributed by atoms with Gasteiger partial charge in [-0.1, -0.05) is 42.5 Å². The molecule has 0 fully saturated rings. The van der Waals surface area contributed by atoms with E-state index < -0.39 is 0 Å². The van der Waals surface area contributed by atoms with Crippen LogP contribution in [0.3, 0.4) is 0 Å². The van der Waals surface area contributed by atoms with E-state index in [4.69, 9.17) is 9.47 Å². The lowest BCUT2D eigenvalue weighted by molar-refractivity contribution is -0.891. The van der Waals surface area contributed by atoms with E-state index in [9.17, 15) is 4.79 Å². The van der Waals surface area contributed by atoms with Crippen LogP contribution in [0.15, 0.2) is 84.9 Å². The number of para-hydroxylation sites is 2. The molecule has 6 heteroatoms. The summed E-state index contributed by atoms with van der Waals surface area (Å²) in [6.45, 7) is 2.81. The van der Waals surface area contributed by atoms with Gasteiger partial charge in [0.05, 0.1) is 0 Å². The largest absolute Gasteiger partial charge is 0.488 e. The molecule has 0 bridgehead atoms. The van der Waals surface area contributed by atoms with Crippen molar-refractivity contribution < 1.29 is 19.2 Å². The van der Waals surface area contributed by atoms with E-state index in [0.29, 0.717) is 32.8 Å². The van der Waals surface area contributed by atoms with Gasteiger partial charge in [0.2, 0.25) is 0 Å². The van der Waals surface area contributed by atoms with Gasteiger partial charge in [0.1, 0.15) is 37.8 Å². The smallest absolute Gasteiger partial charge is 0.279 e. The predicted octanol–water partition coefficient (Wildman–Crippen LogP) is 3.27. The second-order valence-electron chi connectivity index (χ2n) is 6.81. The monoisotopic (exact) mass is 517 g/mol. The second kappa shape index (κ2) is 12.2. The topological polar surface area (TPSA) is 52.0 Å². The Morgan fingerprint density at radius 2 is 1.37 bits per heavy atom. The maximum atomic E-state index is 12.6. The SMILES string of the molecule is O=C(C[NH+](CCOc1ccccc1)CCOc1ccccc1)Nc1cccc(I)c1. The molecule has 0 saturated carbocycles. The molecule has 0 aliphatic heterocycles. The molecule has 0 aliphatic carbocycles. The molecule has 0 atom stereocenters. The highest BCUT2D eigenvalue weighted by molar-refractivity contribution is 14.1. The van der Waals surface area contributed by atoms with Gasteiger partial charge in [-0.25, -0.2) is 0 Å². The molecule has 0 heterocycles. The van der Waals surface area contributed by atoms with Crippen LogP contribution in [-0.2, 0) is 4.79 Å². The molecule has 0 unspecified atom stereocenters. The molecule has 0 radical (unpaired) electrons. The van der Waals surface area contributed by atoms with Crippen molar-refractivity contribution in [2.75, 3.05) is 38.2 Å². The van der Waals surface area contributed by atoms with E-state index in [1.54, 1.807) is 0 Å². The molecule has 3 aromatic carbocycles. The first kappa shape index (κ1) is 22.1. The van der Waals surface area contributed by atoms with Gasteiger partial charge in [-0.05, 0) is 65.1 Å². The number of quaternary nitrogens is 1. The number of rotatable bonds is 11. The summed E-state index contributed by atoms with van der Waals surface area (Å²) in [5, 5.41) is 2.98. The van der Waals surface area contributed by atoms with E-state index in [1.165, 1.54) is 0 Å². The normalized spacial score (nSPS) is 10.6.